The summed E-state index contributed by atoms with van der Waals surface area (Å²) < 4.78 is 0. The van der Waals surface area contributed by atoms with Gasteiger partial charge in [0.25, 0.3) is 0 Å². The highest BCUT2D eigenvalue weighted by Gasteiger charge is 2.37. The Balaban J connectivity index is 2.33. The van der Waals surface area contributed by atoms with Crippen molar-refractivity contribution in [3.63, 3.8) is 0 Å². The van der Waals surface area contributed by atoms with Crippen LogP contribution in [0.25, 0.3) is 0 Å². The Morgan fingerprint density at radius 3 is 2.44 bits per heavy atom. The van der Waals surface area contributed by atoms with Gasteiger partial charge in [-0.1, -0.05) is 32.0 Å². The van der Waals surface area contributed by atoms with E-state index in [0.29, 0.717) is 5.92 Å². The van der Waals surface area contributed by atoms with Crippen LogP contribution in [0.2, 0.25) is 0 Å². The van der Waals surface area contributed by atoms with Crippen LogP contribution in [-0.2, 0) is 0 Å². The van der Waals surface area contributed by atoms with Gasteiger partial charge in [-0.25, -0.2) is 4.79 Å². The minimum Gasteiger partial charge on any atom is -0.325 e. The van der Waals surface area contributed by atoms with Gasteiger partial charge in [-0.2, -0.15) is 0 Å². The highest BCUT2D eigenvalue weighted by molar-refractivity contribution is 5.94. The quantitative estimate of drug-likeness (QED) is 0.748. The van der Waals surface area contributed by atoms with Crippen molar-refractivity contribution >= 4 is 11.7 Å². The van der Waals surface area contributed by atoms with E-state index in [1.165, 1.54) is 0 Å². The van der Waals surface area contributed by atoms with Crippen LogP contribution in [0.4, 0.5) is 10.5 Å². The number of amides is 2. The topological polar surface area (TPSA) is 23.6 Å². The summed E-state index contributed by atoms with van der Waals surface area (Å²) in [7, 11) is 1.86. The summed E-state index contributed by atoms with van der Waals surface area (Å²) in [6.45, 7) is 5.13. The van der Waals surface area contributed by atoms with Gasteiger partial charge in [0.05, 0.1) is 6.04 Å². The predicted octanol–water partition coefficient (Wildman–Crippen LogP) is 2.58. The molecular formula is C13H18N2O. The fourth-order valence-electron chi connectivity index (χ4n) is 2.17. The molecule has 1 aliphatic heterocycles. The number of carbonyl (C=O) groups excluding carboxylic acids is 1. The maximum absolute atomic E-state index is 12.1. The van der Waals surface area contributed by atoms with Crippen molar-refractivity contribution in [2.24, 2.45) is 5.92 Å². The number of anilines is 1. The third-order valence-electron chi connectivity index (χ3n) is 3.13. The van der Waals surface area contributed by atoms with E-state index in [9.17, 15) is 4.79 Å². The maximum atomic E-state index is 12.1. The standard InChI is InChI=1S/C13H18N2O/c1-10(2)12-9-14(3)13(16)15(12)11-7-5-4-6-8-11/h4-8,10,12H,9H2,1-3H3/t12-/m1/s1. The van der Waals surface area contributed by atoms with E-state index in [-0.39, 0.29) is 12.1 Å². The van der Waals surface area contributed by atoms with E-state index in [0.717, 1.165) is 12.2 Å². The van der Waals surface area contributed by atoms with Crippen LogP contribution in [0.5, 0.6) is 0 Å². The van der Waals surface area contributed by atoms with Crippen LogP contribution >= 0.6 is 0 Å². The number of benzene rings is 1. The Bertz CT molecular complexity index is 375. The minimum absolute atomic E-state index is 0.102. The number of para-hydroxylation sites is 1. The van der Waals surface area contributed by atoms with E-state index in [2.05, 4.69) is 13.8 Å². The van der Waals surface area contributed by atoms with Gasteiger partial charge in [-0.05, 0) is 18.1 Å². The molecule has 1 aliphatic rings. The maximum Gasteiger partial charge on any atom is 0.324 e. The molecule has 0 saturated carbocycles. The smallest absolute Gasteiger partial charge is 0.324 e. The number of likely N-dealkylation sites (N-methyl/N-ethyl adjacent to an activating group) is 1. The lowest BCUT2D eigenvalue weighted by molar-refractivity contribution is 0.229. The van der Waals surface area contributed by atoms with Crippen molar-refractivity contribution in [3.8, 4) is 0 Å². The first kappa shape index (κ1) is 11.0. The summed E-state index contributed by atoms with van der Waals surface area (Å²) in [4.78, 5) is 15.8. The Morgan fingerprint density at radius 2 is 1.88 bits per heavy atom. The van der Waals surface area contributed by atoms with Gasteiger partial charge in [-0.3, -0.25) is 4.90 Å². The van der Waals surface area contributed by atoms with Gasteiger partial charge in [0.1, 0.15) is 0 Å². The minimum atomic E-state index is 0.102. The molecule has 0 aromatic heterocycles. The SMILES string of the molecule is CC(C)[C@H]1CN(C)C(=O)N1c1ccccc1. The molecule has 86 valence electrons. The molecule has 1 atom stereocenters. The van der Waals surface area contributed by atoms with Crippen LogP contribution in [0.1, 0.15) is 13.8 Å². The summed E-state index contributed by atoms with van der Waals surface area (Å²) in [6, 6.07) is 10.3. The summed E-state index contributed by atoms with van der Waals surface area (Å²) in [5.74, 6) is 0.467. The van der Waals surface area contributed by atoms with E-state index in [1.807, 2.05) is 42.3 Å². The van der Waals surface area contributed by atoms with E-state index >= 15 is 0 Å². The predicted molar refractivity (Wildman–Crippen MR) is 65.6 cm³/mol. The highest BCUT2D eigenvalue weighted by Crippen LogP contribution is 2.27. The van der Waals surface area contributed by atoms with Crippen LogP contribution < -0.4 is 4.90 Å². The Hall–Kier alpha value is -1.51. The van der Waals surface area contributed by atoms with Crippen molar-refractivity contribution in [2.75, 3.05) is 18.5 Å². The number of nitrogens with zero attached hydrogens (tertiary/aromatic N) is 2. The lowest BCUT2D eigenvalue weighted by atomic mass is 10.0. The molecule has 1 heterocycles. The van der Waals surface area contributed by atoms with Crippen molar-refractivity contribution in [3.05, 3.63) is 30.3 Å². The Labute approximate surface area is 96.7 Å². The number of hydrogen-bond acceptors (Lipinski definition) is 1. The molecule has 16 heavy (non-hydrogen) atoms. The van der Waals surface area contributed by atoms with Crippen molar-refractivity contribution in [1.29, 1.82) is 0 Å². The zero-order valence-corrected chi connectivity index (χ0v) is 10.1. The largest absolute Gasteiger partial charge is 0.325 e. The number of rotatable bonds is 2. The number of hydrogen-bond donors (Lipinski definition) is 0. The van der Waals surface area contributed by atoms with Gasteiger partial charge in [-0.15, -0.1) is 0 Å². The third-order valence-corrected chi connectivity index (χ3v) is 3.13. The van der Waals surface area contributed by atoms with E-state index in [4.69, 9.17) is 0 Å². The molecule has 3 heteroatoms. The first-order valence-corrected chi connectivity index (χ1v) is 5.70. The van der Waals surface area contributed by atoms with Gasteiger partial charge in [0, 0.05) is 19.3 Å². The van der Waals surface area contributed by atoms with Crippen LogP contribution in [0.3, 0.4) is 0 Å². The summed E-state index contributed by atoms with van der Waals surface area (Å²) in [5.41, 5.74) is 0.996. The summed E-state index contributed by atoms with van der Waals surface area (Å²) in [5, 5.41) is 0. The molecule has 2 rings (SSSR count). The molecule has 0 aliphatic carbocycles. The molecule has 3 nitrogen and oxygen atoms in total. The molecular weight excluding hydrogens is 200 g/mol. The normalized spacial score (nSPS) is 21.0. The first-order chi connectivity index (χ1) is 7.61. The number of carbonyl (C=O) groups is 1. The Morgan fingerprint density at radius 1 is 1.25 bits per heavy atom. The monoisotopic (exact) mass is 218 g/mol. The van der Waals surface area contributed by atoms with Crippen LogP contribution in [-0.4, -0.2) is 30.6 Å². The summed E-state index contributed by atoms with van der Waals surface area (Å²) >= 11 is 0. The van der Waals surface area contributed by atoms with Gasteiger partial charge >= 0.3 is 6.03 Å². The van der Waals surface area contributed by atoms with Crippen molar-refractivity contribution in [1.82, 2.24) is 4.90 Å². The average molecular weight is 218 g/mol. The molecule has 0 N–H and O–H groups in total. The van der Waals surface area contributed by atoms with Crippen molar-refractivity contribution in [2.45, 2.75) is 19.9 Å². The Kier molecular flexibility index (Phi) is 2.86. The van der Waals surface area contributed by atoms with E-state index < -0.39 is 0 Å². The van der Waals surface area contributed by atoms with E-state index in [1.54, 1.807) is 4.90 Å². The fraction of sp³-hybridized carbons (Fsp3) is 0.462. The second-order valence-corrected chi connectivity index (χ2v) is 4.68. The third kappa shape index (κ3) is 1.77. The van der Waals surface area contributed by atoms with Gasteiger partial charge in [0.15, 0.2) is 0 Å². The second-order valence-electron chi connectivity index (χ2n) is 4.68. The molecule has 0 spiro atoms. The zero-order chi connectivity index (χ0) is 11.7. The molecule has 1 aromatic rings. The lowest BCUT2D eigenvalue weighted by Crippen LogP contribution is -2.37. The molecule has 2 amide bonds. The van der Waals surface area contributed by atoms with Gasteiger partial charge in [0.2, 0.25) is 0 Å². The summed E-state index contributed by atoms with van der Waals surface area (Å²) in [6.07, 6.45) is 0. The zero-order valence-electron chi connectivity index (χ0n) is 10.1. The lowest BCUT2D eigenvalue weighted by Gasteiger charge is -2.25. The fourth-order valence-corrected chi connectivity index (χ4v) is 2.17. The molecule has 1 fully saturated rings. The molecule has 1 saturated heterocycles. The highest BCUT2D eigenvalue weighted by atomic mass is 16.2. The molecule has 0 unspecified atom stereocenters. The van der Waals surface area contributed by atoms with Crippen molar-refractivity contribution < 1.29 is 4.79 Å². The second kappa shape index (κ2) is 4.16. The molecule has 0 radical (unpaired) electrons. The molecule has 0 bridgehead atoms. The molecule has 1 aromatic carbocycles. The van der Waals surface area contributed by atoms with Gasteiger partial charge < -0.3 is 4.90 Å². The average Bonchev–Trinajstić information content (AvgIpc) is 2.57. The van der Waals surface area contributed by atoms with Crippen LogP contribution in [0.15, 0.2) is 30.3 Å². The number of urea groups is 1. The van der Waals surface area contributed by atoms with Crippen LogP contribution in [0, 0.1) is 5.92 Å². The first-order valence-electron chi connectivity index (χ1n) is 5.70.